The number of allylic oxidation sites excluding steroid dienone is 1. The molecular formula is C22H23F3O4S. The SMILES string of the molecule is C/C(OS(=O)(=O)C(F)(F)F)=C1/CCC(c2ccccc2)OC1C(C)c1ccccc1. The van der Waals surface area contributed by atoms with Crippen LogP contribution in [0.15, 0.2) is 72.0 Å². The second kappa shape index (κ2) is 8.81. The van der Waals surface area contributed by atoms with Crippen molar-refractivity contribution in [2.45, 2.75) is 50.3 Å². The lowest BCUT2D eigenvalue weighted by atomic mass is 9.84. The molecule has 1 fully saturated rings. The van der Waals surface area contributed by atoms with Crippen LogP contribution in [0.1, 0.15) is 49.8 Å². The van der Waals surface area contributed by atoms with Crippen molar-refractivity contribution in [1.82, 2.24) is 0 Å². The predicted octanol–water partition coefficient (Wildman–Crippen LogP) is 5.85. The summed E-state index contributed by atoms with van der Waals surface area (Å²) in [5.41, 5.74) is -3.17. The third-order valence-corrected chi connectivity index (χ3v) is 6.29. The molecule has 4 nitrogen and oxygen atoms in total. The van der Waals surface area contributed by atoms with Gasteiger partial charge in [0.05, 0.1) is 12.2 Å². The first-order chi connectivity index (χ1) is 14.1. The third kappa shape index (κ3) is 4.87. The average molecular weight is 440 g/mol. The summed E-state index contributed by atoms with van der Waals surface area (Å²) in [5, 5.41) is 0. The Bertz CT molecular complexity index is 986. The molecule has 0 aliphatic carbocycles. The highest BCUT2D eigenvalue weighted by atomic mass is 32.2. The standard InChI is InChI=1S/C22H23F3O4S/c1-15(17-9-5-3-6-10-17)21-19(16(2)29-30(26,27)22(23,24)25)13-14-20(28-21)18-11-7-4-8-12-18/h3-12,15,20-21H,13-14H2,1-2H3/b19-16+. The van der Waals surface area contributed by atoms with Crippen molar-refractivity contribution >= 4 is 10.1 Å². The Morgan fingerprint density at radius 1 is 1.07 bits per heavy atom. The molecule has 3 rings (SSSR count). The summed E-state index contributed by atoms with van der Waals surface area (Å²) in [6, 6.07) is 18.9. The van der Waals surface area contributed by atoms with E-state index in [9.17, 15) is 21.6 Å². The molecule has 2 aromatic rings. The Balaban J connectivity index is 1.96. The summed E-state index contributed by atoms with van der Waals surface area (Å²) in [4.78, 5) is 0. The van der Waals surface area contributed by atoms with Crippen LogP contribution in [0, 0.1) is 0 Å². The van der Waals surface area contributed by atoms with Gasteiger partial charge in [0.25, 0.3) is 0 Å². The Kier molecular flexibility index (Phi) is 6.57. The minimum Gasteiger partial charge on any atom is -0.381 e. The van der Waals surface area contributed by atoms with Gasteiger partial charge in [0.1, 0.15) is 5.76 Å². The van der Waals surface area contributed by atoms with Crippen LogP contribution in [0.5, 0.6) is 0 Å². The molecule has 8 heteroatoms. The first-order valence-corrected chi connectivity index (χ1v) is 11.0. The van der Waals surface area contributed by atoms with Gasteiger partial charge >= 0.3 is 15.6 Å². The van der Waals surface area contributed by atoms with Crippen molar-refractivity contribution < 1.29 is 30.5 Å². The highest BCUT2D eigenvalue weighted by molar-refractivity contribution is 7.87. The monoisotopic (exact) mass is 440 g/mol. The number of hydrogen-bond acceptors (Lipinski definition) is 4. The number of benzene rings is 2. The minimum atomic E-state index is -5.74. The lowest BCUT2D eigenvalue weighted by molar-refractivity contribution is -0.0534. The fraction of sp³-hybridized carbons (Fsp3) is 0.364. The molecular weight excluding hydrogens is 417 g/mol. The molecule has 0 spiro atoms. The summed E-state index contributed by atoms with van der Waals surface area (Å²) in [6.07, 6.45) is -0.0157. The lowest BCUT2D eigenvalue weighted by Crippen LogP contribution is -2.32. The summed E-state index contributed by atoms with van der Waals surface area (Å²) in [5.74, 6) is -0.508. The molecule has 3 atom stereocenters. The van der Waals surface area contributed by atoms with E-state index in [1.807, 2.05) is 67.6 Å². The smallest absolute Gasteiger partial charge is 0.381 e. The average Bonchev–Trinajstić information content (AvgIpc) is 2.73. The van der Waals surface area contributed by atoms with E-state index < -0.39 is 21.7 Å². The van der Waals surface area contributed by atoms with E-state index in [-0.39, 0.29) is 17.8 Å². The first-order valence-electron chi connectivity index (χ1n) is 9.56. The van der Waals surface area contributed by atoms with Gasteiger partial charge in [-0.1, -0.05) is 67.6 Å². The van der Waals surface area contributed by atoms with E-state index in [0.29, 0.717) is 18.4 Å². The van der Waals surface area contributed by atoms with Gasteiger partial charge in [-0.3, -0.25) is 0 Å². The summed E-state index contributed by atoms with van der Waals surface area (Å²) >= 11 is 0. The third-order valence-electron chi connectivity index (χ3n) is 5.25. The van der Waals surface area contributed by atoms with E-state index in [1.165, 1.54) is 6.92 Å². The van der Waals surface area contributed by atoms with Crippen molar-refractivity contribution in [3.05, 3.63) is 83.1 Å². The molecule has 2 aromatic carbocycles. The minimum absolute atomic E-state index is 0.222. The molecule has 3 unspecified atom stereocenters. The number of hydrogen-bond donors (Lipinski definition) is 0. The topological polar surface area (TPSA) is 52.6 Å². The maximum Gasteiger partial charge on any atom is 0.534 e. The van der Waals surface area contributed by atoms with Crippen molar-refractivity contribution in [3.8, 4) is 0 Å². The molecule has 0 amide bonds. The fourth-order valence-electron chi connectivity index (χ4n) is 3.66. The Morgan fingerprint density at radius 2 is 1.63 bits per heavy atom. The van der Waals surface area contributed by atoms with Crippen LogP contribution >= 0.6 is 0 Å². The zero-order valence-electron chi connectivity index (χ0n) is 16.6. The van der Waals surface area contributed by atoms with Crippen molar-refractivity contribution in [3.63, 3.8) is 0 Å². The van der Waals surface area contributed by atoms with Crippen LogP contribution in [-0.2, 0) is 19.0 Å². The van der Waals surface area contributed by atoms with Gasteiger partial charge in [-0.2, -0.15) is 21.6 Å². The molecule has 1 heterocycles. The van der Waals surface area contributed by atoms with Gasteiger partial charge in [0.2, 0.25) is 0 Å². The first kappa shape index (κ1) is 22.4. The van der Waals surface area contributed by atoms with Crippen LogP contribution in [0.2, 0.25) is 0 Å². The Morgan fingerprint density at radius 3 is 2.20 bits per heavy atom. The Labute approximate surface area is 174 Å². The fourth-order valence-corrected chi connectivity index (χ4v) is 4.19. The summed E-state index contributed by atoms with van der Waals surface area (Å²) in [7, 11) is -5.74. The highest BCUT2D eigenvalue weighted by Gasteiger charge is 2.49. The van der Waals surface area contributed by atoms with E-state index >= 15 is 0 Å². The van der Waals surface area contributed by atoms with E-state index in [0.717, 1.165) is 11.1 Å². The van der Waals surface area contributed by atoms with Gasteiger partial charge in [-0.05, 0) is 36.5 Å². The number of halogens is 3. The quantitative estimate of drug-likeness (QED) is 0.332. The molecule has 0 saturated carbocycles. The lowest BCUT2D eigenvalue weighted by Gasteiger charge is -2.37. The molecule has 0 bridgehead atoms. The van der Waals surface area contributed by atoms with Crippen molar-refractivity contribution in [2.24, 2.45) is 0 Å². The largest absolute Gasteiger partial charge is 0.534 e. The van der Waals surface area contributed by atoms with Gasteiger partial charge in [-0.25, -0.2) is 0 Å². The summed E-state index contributed by atoms with van der Waals surface area (Å²) < 4.78 is 72.2. The van der Waals surface area contributed by atoms with Crippen molar-refractivity contribution in [2.75, 3.05) is 0 Å². The molecule has 0 N–H and O–H groups in total. The molecule has 1 aliphatic heterocycles. The van der Waals surface area contributed by atoms with Gasteiger partial charge in [0, 0.05) is 5.92 Å². The van der Waals surface area contributed by atoms with Crippen molar-refractivity contribution in [1.29, 1.82) is 0 Å². The van der Waals surface area contributed by atoms with Crippen LogP contribution in [0.25, 0.3) is 0 Å². The van der Waals surface area contributed by atoms with Crippen LogP contribution < -0.4 is 0 Å². The Hall–Kier alpha value is -2.32. The van der Waals surface area contributed by atoms with Gasteiger partial charge in [0.15, 0.2) is 0 Å². The maximum absolute atomic E-state index is 12.8. The maximum atomic E-state index is 12.8. The molecule has 0 radical (unpaired) electrons. The van der Waals surface area contributed by atoms with E-state index in [2.05, 4.69) is 4.18 Å². The number of rotatable bonds is 5. The van der Waals surface area contributed by atoms with E-state index in [4.69, 9.17) is 4.74 Å². The number of alkyl halides is 3. The molecule has 0 aromatic heterocycles. The zero-order valence-corrected chi connectivity index (χ0v) is 17.4. The van der Waals surface area contributed by atoms with Crippen LogP contribution in [0.4, 0.5) is 13.2 Å². The summed E-state index contributed by atoms with van der Waals surface area (Å²) in [6.45, 7) is 3.15. The van der Waals surface area contributed by atoms with Crippen LogP contribution in [0.3, 0.4) is 0 Å². The van der Waals surface area contributed by atoms with Gasteiger partial charge in [-0.15, -0.1) is 0 Å². The normalized spacial score (nSPS) is 23.0. The van der Waals surface area contributed by atoms with E-state index in [1.54, 1.807) is 0 Å². The molecule has 162 valence electrons. The number of ether oxygens (including phenoxy) is 1. The molecule has 1 aliphatic rings. The van der Waals surface area contributed by atoms with Gasteiger partial charge < -0.3 is 8.92 Å². The van der Waals surface area contributed by atoms with Crippen LogP contribution in [-0.4, -0.2) is 20.0 Å². The highest BCUT2D eigenvalue weighted by Crippen LogP contribution is 2.42. The second-order valence-electron chi connectivity index (χ2n) is 7.26. The zero-order chi connectivity index (χ0) is 21.9. The second-order valence-corrected chi connectivity index (χ2v) is 8.80. The molecule has 1 saturated heterocycles. The molecule has 30 heavy (non-hydrogen) atoms. The predicted molar refractivity (Wildman–Crippen MR) is 107 cm³/mol.